The van der Waals surface area contributed by atoms with Gasteiger partial charge in [-0.3, -0.25) is 10.1 Å². The maximum atomic E-state index is 12.9. The van der Waals surface area contributed by atoms with Gasteiger partial charge in [0, 0.05) is 11.3 Å². The largest absolute Gasteiger partial charge is 0.460 e. The number of rotatable bonds is 7. The van der Waals surface area contributed by atoms with Crippen LogP contribution < -0.4 is 5.32 Å². The van der Waals surface area contributed by atoms with Crippen molar-refractivity contribution in [2.45, 2.75) is 32.8 Å². The molecule has 30 heavy (non-hydrogen) atoms. The van der Waals surface area contributed by atoms with Crippen LogP contribution in [0.25, 0.3) is 11.0 Å². The van der Waals surface area contributed by atoms with Crippen molar-refractivity contribution < 1.29 is 29.0 Å². The van der Waals surface area contributed by atoms with E-state index in [4.69, 9.17) is 9.37 Å². The first-order chi connectivity index (χ1) is 14.2. The third-order valence-electron chi connectivity index (χ3n) is 4.49. The molecule has 13 nitrogen and oxygen atoms in total. The monoisotopic (exact) mass is 419 g/mol. The van der Waals surface area contributed by atoms with Gasteiger partial charge in [-0.05, 0) is 37.2 Å². The minimum absolute atomic E-state index is 0.0314. The fourth-order valence-electron chi connectivity index (χ4n) is 3.31. The van der Waals surface area contributed by atoms with Crippen molar-refractivity contribution in [3.05, 3.63) is 66.7 Å². The molecule has 1 aliphatic heterocycles. The number of nitrogens with zero attached hydrogens (tertiary/aromatic N) is 4. The number of dihydropyridines is 1. The molecule has 0 spiro atoms. The highest BCUT2D eigenvalue weighted by Gasteiger charge is 2.42. The minimum atomic E-state index is -1.13. The average Bonchev–Trinajstić information content (AvgIpc) is 3.13. The number of hydrogen-bond acceptors (Lipinski definition) is 11. The van der Waals surface area contributed by atoms with Gasteiger partial charge in [0.25, 0.3) is 10.8 Å². The smallest absolute Gasteiger partial charge is 0.337 e. The Morgan fingerprint density at radius 3 is 2.67 bits per heavy atom. The Morgan fingerprint density at radius 2 is 2.00 bits per heavy atom. The SMILES string of the molecule is CC1=C(C(=O)OCC(C)O[N+](=O)[O-])C(c2cccc3nonc23)C([N+](=O)[O-])=C(C)N1. The number of fused-ring (bicyclic) bond motifs is 1. The van der Waals surface area contributed by atoms with Gasteiger partial charge in [0.15, 0.2) is 0 Å². The molecular weight excluding hydrogens is 402 g/mol. The highest BCUT2D eigenvalue weighted by molar-refractivity contribution is 5.94. The normalized spacial score (nSPS) is 17.5. The zero-order valence-electron chi connectivity index (χ0n) is 16.1. The highest BCUT2D eigenvalue weighted by atomic mass is 17.0. The molecule has 1 aliphatic rings. The van der Waals surface area contributed by atoms with Crippen molar-refractivity contribution in [3.8, 4) is 0 Å². The van der Waals surface area contributed by atoms with Gasteiger partial charge in [0.1, 0.15) is 29.7 Å². The van der Waals surface area contributed by atoms with Crippen LogP contribution in [0.15, 0.2) is 45.5 Å². The topological polar surface area (TPSA) is 173 Å². The van der Waals surface area contributed by atoms with Gasteiger partial charge in [-0.1, -0.05) is 12.1 Å². The predicted octanol–water partition coefficient (Wildman–Crippen LogP) is 1.83. The fraction of sp³-hybridized carbons (Fsp3) is 0.353. The van der Waals surface area contributed by atoms with Crippen LogP contribution in [0.3, 0.4) is 0 Å². The zero-order chi connectivity index (χ0) is 22.0. The molecule has 0 fully saturated rings. The van der Waals surface area contributed by atoms with Crippen molar-refractivity contribution in [1.29, 1.82) is 0 Å². The first-order valence-corrected chi connectivity index (χ1v) is 8.73. The Hall–Kier alpha value is -4.03. The summed E-state index contributed by atoms with van der Waals surface area (Å²) < 4.78 is 9.90. The number of carbonyl (C=O) groups excluding carboxylic acids is 1. The van der Waals surface area contributed by atoms with E-state index in [1.165, 1.54) is 13.8 Å². The molecule has 1 aromatic carbocycles. The molecule has 0 saturated heterocycles. The predicted molar refractivity (Wildman–Crippen MR) is 98.6 cm³/mol. The van der Waals surface area contributed by atoms with Gasteiger partial charge in [0.2, 0.25) is 0 Å². The van der Waals surface area contributed by atoms with Crippen molar-refractivity contribution >= 4 is 17.0 Å². The van der Waals surface area contributed by atoms with Crippen LogP contribution in [0, 0.1) is 20.2 Å². The molecule has 2 unspecified atom stereocenters. The first kappa shape index (κ1) is 20.7. The second kappa shape index (κ2) is 8.14. The molecular formula is C17H17N5O8. The lowest BCUT2D eigenvalue weighted by atomic mass is 9.83. The third-order valence-corrected chi connectivity index (χ3v) is 4.49. The molecule has 0 aliphatic carbocycles. The summed E-state index contributed by atoms with van der Waals surface area (Å²) in [6.45, 7) is 4.02. The summed E-state index contributed by atoms with van der Waals surface area (Å²) in [6.07, 6.45) is -1.02. The average molecular weight is 419 g/mol. The number of allylic oxidation sites excluding steroid dienone is 3. The summed E-state index contributed by atoms with van der Waals surface area (Å²) in [5.74, 6) is -2.01. The Bertz CT molecular complexity index is 1090. The number of aromatic nitrogens is 2. The number of ether oxygens (including phenoxy) is 1. The lowest BCUT2D eigenvalue weighted by Gasteiger charge is -2.26. The van der Waals surface area contributed by atoms with Crippen molar-refractivity contribution in [2.75, 3.05) is 6.61 Å². The lowest BCUT2D eigenvalue weighted by Crippen LogP contribution is -2.32. The molecule has 0 saturated carbocycles. The highest BCUT2D eigenvalue weighted by Crippen LogP contribution is 2.40. The summed E-state index contributed by atoms with van der Waals surface area (Å²) in [5, 5.41) is 31.7. The maximum Gasteiger partial charge on any atom is 0.337 e. The summed E-state index contributed by atoms with van der Waals surface area (Å²) in [7, 11) is 0. The van der Waals surface area contributed by atoms with Crippen LogP contribution in [0.2, 0.25) is 0 Å². The molecule has 0 radical (unpaired) electrons. The Labute approximate surface area is 168 Å². The molecule has 0 bridgehead atoms. The first-order valence-electron chi connectivity index (χ1n) is 8.73. The molecule has 13 heteroatoms. The Morgan fingerprint density at radius 1 is 1.27 bits per heavy atom. The Kier molecular flexibility index (Phi) is 5.62. The van der Waals surface area contributed by atoms with E-state index in [-0.39, 0.29) is 22.5 Å². The van der Waals surface area contributed by atoms with Gasteiger partial charge in [0.05, 0.1) is 16.2 Å². The molecule has 158 valence electrons. The molecule has 2 aromatic rings. The van der Waals surface area contributed by atoms with E-state index in [2.05, 4.69) is 20.5 Å². The number of esters is 1. The van der Waals surface area contributed by atoms with Crippen molar-refractivity contribution in [2.24, 2.45) is 0 Å². The molecule has 2 heterocycles. The number of hydrogen-bond donors (Lipinski definition) is 1. The van der Waals surface area contributed by atoms with E-state index < -0.39 is 34.6 Å². The van der Waals surface area contributed by atoms with Gasteiger partial charge in [-0.2, -0.15) is 0 Å². The van der Waals surface area contributed by atoms with Crippen LogP contribution in [0.1, 0.15) is 32.3 Å². The van der Waals surface area contributed by atoms with Gasteiger partial charge >= 0.3 is 5.97 Å². The molecule has 3 rings (SSSR count). The van der Waals surface area contributed by atoms with Crippen molar-refractivity contribution in [3.63, 3.8) is 0 Å². The number of nitro groups is 1. The van der Waals surface area contributed by atoms with Gasteiger partial charge < -0.3 is 14.9 Å². The summed E-state index contributed by atoms with van der Waals surface area (Å²) in [6, 6.07) is 4.81. The van der Waals surface area contributed by atoms with Gasteiger partial charge in [-0.25, -0.2) is 9.42 Å². The van der Waals surface area contributed by atoms with Crippen LogP contribution in [-0.2, 0) is 14.4 Å². The van der Waals surface area contributed by atoms with Crippen LogP contribution >= 0.6 is 0 Å². The van der Waals surface area contributed by atoms with E-state index in [9.17, 15) is 25.0 Å². The third kappa shape index (κ3) is 3.90. The number of carbonyl (C=O) groups is 1. The number of benzene rings is 1. The van der Waals surface area contributed by atoms with Crippen LogP contribution in [-0.4, -0.2) is 39.0 Å². The lowest BCUT2D eigenvalue weighted by molar-refractivity contribution is -0.767. The summed E-state index contributed by atoms with van der Waals surface area (Å²) in [4.78, 5) is 38.9. The van der Waals surface area contributed by atoms with E-state index >= 15 is 0 Å². The minimum Gasteiger partial charge on any atom is -0.460 e. The maximum absolute atomic E-state index is 12.9. The Balaban J connectivity index is 2.04. The van der Waals surface area contributed by atoms with E-state index in [1.807, 2.05) is 0 Å². The quantitative estimate of drug-likeness (QED) is 0.394. The second-order valence-corrected chi connectivity index (χ2v) is 6.58. The van der Waals surface area contributed by atoms with Crippen LogP contribution in [0.4, 0.5) is 0 Å². The number of nitrogens with one attached hydrogen (secondary N) is 1. The summed E-state index contributed by atoms with van der Waals surface area (Å²) in [5.41, 5.74) is 1.25. The zero-order valence-corrected chi connectivity index (χ0v) is 16.1. The fourth-order valence-corrected chi connectivity index (χ4v) is 3.31. The second-order valence-electron chi connectivity index (χ2n) is 6.58. The molecule has 2 atom stereocenters. The summed E-state index contributed by atoms with van der Waals surface area (Å²) >= 11 is 0. The van der Waals surface area contributed by atoms with E-state index in [1.54, 1.807) is 25.1 Å². The van der Waals surface area contributed by atoms with Gasteiger partial charge in [-0.15, -0.1) is 10.1 Å². The van der Waals surface area contributed by atoms with E-state index in [0.29, 0.717) is 16.8 Å². The molecule has 1 aromatic heterocycles. The van der Waals surface area contributed by atoms with Crippen molar-refractivity contribution in [1.82, 2.24) is 15.6 Å². The van der Waals surface area contributed by atoms with Crippen LogP contribution in [0.5, 0.6) is 0 Å². The van der Waals surface area contributed by atoms with E-state index in [0.717, 1.165) is 0 Å². The standard InChI is InChI=1S/C17H17N5O8/c1-8(29-22(26)27)7-28-17(23)13-9(2)18-10(3)16(21(24)25)14(13)11-5-4-6-12-15(11)20-30-19-12/h4-6,8,14,18H,7H2,1-3H3. The molecule has 1 N–H and O–H groups in total. The molecule has 0 amide bonds.